The molecule has 1 aromatic rings. The Morgan fingerprint density at radius 1 is 1.47 bits per heavy atom. The maximum Gasteiger partial charge on any atom is 0.307 e. The number of ether oxygens (including phenoxy) is 1. The van der Waals surface area contributed by atoms with Gasteiger partial charge in [-0.05, 0) is 12.1 Å². The maximum absolute atomic E-state index is 13.3. The van der Waals surface area contributed by atoms with Crippen molar-refractivity contribution in [2.75, 3.05) is 13.1 Å². The lowest BCUT2D eigenvalue weighted by Gasteiger charge is -2.41. The van der Waals surface area contributed by atoms with Crippen LogP contribution in [0.5, 0.6) is 5.75 Å². The van der Waals surface area contributed by atoms with Gasteiger partial charge in [-0.3, -0.25) is 4.79 Å². The van der Waals surface area contributed by atoms with E-state index in [-0.39, 0.29) is 12.2 Å². The number of nitrogens with one attached hydrogen (secondary N) is 1. The Labute approximate surface area is 96.2 Å². The largest absolute Gasteiger partial charge is 0.481 e. The van der Waals surface area contributed by atoms with Crippen molar-refractivity contribution in [1.82, 2.24) is 5.32 Å². The predicted molar refractivity (Wildman–Crippen MR) is 54.8 cm³/mol. The van der Waals surface area contributed by atoms with Crippen LogP contribution in [0.25, 0.3) is 0 Å². The van der Waals surface area contributed by atoms with E-state index < -0.39 is 23.2 Å². The van der Waals surface area contributed by atoms with Crippen molar-refractivity contribution >= 4 is 5.97 Å². The quantitative estimate of drug-likeness (QED) is 0.833. The third-order valence-corrected chi connectivity index (χ3v) is 2.59. The molecule has 0 saturated carbocycles. The molecule has 2 N–H and O–H groups in total. The first kappa shape index (κ1) is 11.8. The summed E-state index contributed by atoms with van der Waals surface area (Å²) in [7, 11) is 0. The molecule has 1 aromatic carbocycles. The van der Waals surface area contributed by atoms with E-state index in [1.807, 2.05) is 0 Å². The van der Waals surface area contributed by atoms with E-state index in [0.29, 0.717) is 13.1 Å². The highest BCUT2D eigenvalue weighted by Crippen LogP contribution is 2.28. The van der Waals surface area contributed by atoms with Gasteiger partial charge in [0.15, 0.2) is 11.6 Å². The molecule has 1 aliphatic rings. The summed E-state index contributed by atoms with van der Waals surface area (Å²) in [4.78, 5) is 10.7. The second-order valence-corrected chi connectivity index (χ2v) is 4.03. The van der Waals surface area contributed by atoms with E-state index in [4.69, 9.17) is 9.84 Å². The van der Waals surface area contributed by atoms with Gasteiger partial charge in [-0.2, -0.15) is 0 Å². The maximum atomic E-state index is 13.3. The fraction of sp³-hybridized carbons (Fsp3) is 0.364. The summed E-state index contributed by atoms with van der Waals surface area (Å²) in [5.41, 5.74) is -0.986. The van der Waals surface area contributed by atoms with Gasteiger partial charge in [0, 0.05) is 19.2 Å². The molecule has 1 saturated heterocycles. The fourth-order valence-corrected chi connectivity index (χ4v) is 1.70. The average molecular weight is 243 g/mol. The van der Waals surface area contributed by atoms with Crippen LogP contribution in [-0.4, -0.2) is 29.8 Å². The standard InChI is InChI=1S/C11H11F2NO3/c12-7-1-2-8(13)9(3-7)17-11(4-10(15)16)5-14-6-11/h1-3,14H,4-6H2,(H,15,16). The number of carbonyl (C=O) groups is 1. The summed E-state index contributed by atoms with van der Waals surface area (Å²) in [6.45, 7) is 0.602. The smallest absolute Gasteiger partial charge is 0.307 e. The van der Waals surface area contributed by atoms with Gasteiger partial charge in [-0.25, -0.2) is 8.78 Å². The zero-order chi connectivity index (χ0) is 12.5. The van der Waals surface area contributed by atoms with E-state index in [1.165, 1.54) is 0 Å². The van der Waals surface area contributed by atoms with Crippen LogP contribution >= 0.6 is 0 Å². The molecule has 0 unspecified atom stereocenters. The van der Waals surface area contributed by atoms with Crippen molar-refractivity contribution in [3.8, 4) is 5.75 Å². The lowest BCUT2D eigenvalue weighted by Crippen LogP contribution is -2.64. The van der Waals surface area contributed by atoms with Crippen molar-refractivity contribution in [1.29, 1.82) is 0 Å². The summed E-state index contributed by atoms with van der Waals surface area (Å²) < 4.78 is 31.6. The van der Waals surface area contributed by atoms with E-state index >= 15 is 0 Å². The molecule has 1 heterocycles. The second kappa shape index (κ2) is 4.29. The minimum absolute atomic E-state index is 0.254. The van der Waals surface area contributed by atoms with Gasteiger partial charge in [-0.1, -0.05) is 0 Å². The molecule has 0 radical (unpaired) electrons. The molecular formula is C11H11F2NO3. The Bertz CT molecular complexity index is 446. The number of aliphatic carboxylic acids is 1. The summed E-state index contributed by atoms with van der Waals surface area (Å²) in [5, 5.41) is 11.6. The normalized spacial score (nSPS) is 17.3. The van der Waals surface area contributed by atoms with Crippen LogP contribution in [0.2, 0.25) is 0 Å². The predicted octanol–water partition coefficient (Wildman–Crippen LogP) is 1.16. The molecule has 2 rings (SSSR count). The Hall–Kier alpha value is -1.69. The van der Waals surface area contributed by atoms with Crippen LogP contribution in [0.15, 0.2) is 18.2 Å². The molecule has 0 spiro atoms. The van der Waals surface area contributed by atoms with E-state index in [1.54, 1.807) is 0 Å². The first-order chi connectivity index (χ1) is 8.01. The van der Waals surface area contributed by atoms with Gasteiger partial charge in [0.05, 0.1) is 6.42 Å². The molecule has 0 aliphatic carbocycles. The highest BCUT2D eigenvalue weighted by molar-refractivity contribution is 5.68. The number of carboxylic acid groups (broad SMARTS) is 1. The van der Waals surface area contributed by atoms with Crippen molar-refractivity contribution in [2.45, 2.75) is 12.0 Å². The number of hydrogen-bond acceptors (Lipinski definition) is 3. The number of halogens is 2. The highest BCUT2D eigenvalue weighted by atomic mass is 19.1. The van der Waals surface area contributed by atoms with Crippen LogP contribution in [0.1, 0.15) is 6.42 Å². The van der Waals surface area contributed by atoms with Crippen molar-refractivity contribution in [2.24, 2.45) is 0 Å². The zero-order valence-electron chi connectivity index (χ0n) is 8.87. The SMILES string of the molecule is O=C(O)CC1(Oc2cc(F)ccc2F)CNC1. The number of carboxylic acids is 1. The molecule has 92 valence electrons. The summed E-state index contributed by atoms with van der Waals surface area (Å²) in [5.74, 6) is -2.63. The van der Waals surface area contributed by atoms with Crippen molar-refractivity contribution < 1.29 is 23.4 Å². The minimum Gasteiger partial charge on any atom is -0.481 e. The molecule has 0 aromatic heterocycles. The minimum atomic E-state index is -1.04. The Balaban J connectivity index is 2.18. The number of rotatable bonds is 4. The van der Waals surface area contributed by atoms with Crippen LogP contribution in [0.4, 0.5) is 8.78 Å². The van der Waals surface area contributed by atoms with E-state index in [2.05, 4.69) is 5.32 Å². The van der Waals surface area contributed by atoms with E-state index in [0.717, 1.165) is 18.2 Å². The van der Waals surface area contributed by atoms with Gasteiger partial charge < -0.3 is 15.2 Å². The van der Waals surface area contributed by atoms with Gasteiger partial charge in [0.25, 0.3) is 0 Å². The van der Waals surface area contributed by atoms with E-state index in [9.17, 15) is 13.6 Å². The number of benzene rings is 1. The van der Waals surface area contributed by atoms with Crippen molar-refractivity contribution in [3.05, 3.63) is 29.8 Å². The first-order valence-electron chi connectivity index (χ1n) is 5.07. The van der Waals surface area contributed by atoms with Crippen LogP contribution in [-0.2, 0) is 4.79 Å². The third kappa shape index (κ3) is 2.52. The molecule has 0 atom stereocenters. The van der Waals surface area contributed by atoms with Gasteiger partial charge in [0.1, 0.15) is 11.4 Å². The number of hydrogen-bond donors (Lipinski definition) is 2. The Morgan fingerprint density at radius 3 is 2.71 bits per heavy atom. The van der Waals surface area contributed by atoms with Gasteiger partial charge in [0.2, 0.25) is 0 Å². The molecule has 1 aliphatic heterocycles. The molecule has 1 fully saturated rings. The molecular weight excluding hydrogens is 232 g/mol. The molecule has 6 heteroatoms. The topological polar surface area (TPSA) is 58.6 Å². The van der Waals surface area contributed by atoms with Crippen LogP contribution < -0.4 is 10.1 Å². The van der Waals surface area contributed by atoms with Crippen LogP contribution in [0, 0.1) is 11.6 Å². The Kier molecular flexibility index (Phi) is 2.97. The molecule has 17 heavy (non-hydrogen) atoms. The summed E-state index contributed by atoms with van der Waals surface area (Å²) in [6.07, 6.45) is -0.254. The molecule has 0 amide bonds. The monoisotopic (exact) mass is 243 g/mol. The van der Waals surface area contributed by atoms with Crippen LogP contribution in [0.3, 0.4) is 0 Å². The lowest BCUT2D eigenvalue weighted by molar-refractivity contribution is -0.143. The third-order valence-electron chi connectivity index (χ3n) is 2.59. The first-order valence-corrected chi connectivity index (χ1v) is 5.07. The summed E-state index contributed by atoms with van der Waals surface area (Å²) in [6, 6.07) is 2.84. The fourth-order valence-electron chi connectivity index (χ4n) is 1.70. The zero-order valence-corrected chi connectivity index (χ0v) is 8.87. The van der Waals surface area contributed by atoms with Gasteiger partial charge in [-0.15, -0.1) is 0 Å². The van der Waals surface area contributed by atoms with Crippen molar-refractivity contribution in [3.63, 3.8) is 0 Å². The second-order valence-electron chi connectivity index (χ2n) is 4.03. The molecule has 4 nitrogen and oxygen atoms in total. The van der Waals surface area contributed by atoms with Gasteiger partial charge >= 0.3 is 5.97 Å². The Morgan fingerprint density at radius 2 is 2.18 bits per heavy atom. The summed E-state index contributed by atoms with van der Waals surface area (Å²) >= 11 is 0. The molecule has 0 bridgehead atoms. The highest BCUT2D eigenvalue weighted by Gasteiger charge is 2.42. The lowest BCUT2D eigenvalue weighted by atomic mass is 9.92. The average Bonchev–Trinajstić information content (AvgIpc) is 2.19.